The standard InChI is InChI=1S/C20H30O3/c1-13-6-7-17-19(2,3)8-5-9-20(17,4)15(13)11-16(21)14-10-18(22)23-12-14/h6,10,15-17,21H,5,7-9,11-12H2,1-4H3/t15-,16+,17-,20+/m1/s1. The Kier molecular flexibility index (Phi) is 4.20. The summed E-state index contributed by atoms with van der Waals surface area (Å²) in [5.41, 5.74) is 2.75. The molecule has 3 nitrogen and oxygen atoms in total. The molecule has 0 bridgehead atoms. The van der Waals surface area contributed by atoms with Crippen molar-refractivity contribution in [1.29, 1.82) is 0 Å². The summed E-state index contributed by atoms with van der Waals surface area (Å²) in [4.78, 5) is 11.3. The van der Waals surface area contributed by atoms with Gasteiger partial charge in [-0.3, -0.25) is 0 Å². The fourth-order valence-electron chi connectivity index (χ4n) is 5.55. The smallest absolute Gasteiger partial charge is 0.331 e. The Labute approximate surface area is 139 Å². The van der Waals surface area contributed by atoms with Gasteiger partial charge in [0.05, 0.1) is 6.10 Å². The summed E-state index contributed by atoms with van der Waals surface area (Å²) in [6.07, 6.45) is 8.94. The zero-order valence-electron chi connectivity index (χ0n) is 14.9. The molecule has 1 heterocycles. The number of allylic oxidation sites excluding steroid dienone is 2. The Hall–Kier alpha value is -1.09. The maximum Gasteiger partial charge on any atom is 0.331 e. The number of aliphatic hydroxyl groups excluding tert-OH is 1. The zero-order chi connectivity index (χ0) is 16.8. The van der Waals surface area contributed by atoms with Gasteiger partial charge in [-0.15, -0.1) is 0 Å². The van der Waals surface area contributed by atoms with Gasteiger partial charge in [0.1, 0.15) is 6.61 Å². The minimum atomic E-state index is -0.574. The number of hydrogen-bond donors (Lipinski definition) is 1. The van der Waals surface area contributed by atoms with Crippen molar-refractivity contribution in [3.05, 3.63) is 23.3 Å². The van der Waals surface area contributed by atoms with E-state index in [1.165, 1.54) is 30.9 Å². The highest BCUT2D eigenvalue weighted by Crippen LogP contribution is 2.60. The fraction of sp³-hybridized carbons (Fsp3) is 0.750. The molecular formula is C20H30O3. The van der Waals surface area contributed by atoms with E-state index in [0.29, 0.717) is 23.7 Å². The highest BCUT2D eigenvalue weighted by atomic mass is 16.5. The van der Waals surface area contributed by atoms with Crippen LogP contribution in [0.3, 0.4) is 0 Å². The number of ether oxygens (including phenoxy) is 1. The van der Waals surface area contributed by atoms with Crippen LogP contribution in [-0.4, -0.2) is 23.8 Å². The molecule has 1 fully saturated rings. The van der Waals surface area contributed by atoms with Crippen molar-refractivity contribution in [3.8, 4) is 0 Å². The van der Waals surface area contributed by atoms with Crippen molar-refractivity contribution in [3.63, 3.8) is 0 Å². The van der Waals surface area contributed by atoms with Gasteiger partial charge in [0.2, 0.25) is 0 Å². The van der Waals surface area contributed by atoms with Gasteiger partial charge in [-0.2, -0.15) is 0 Å². The molecule has 0 unspecified atom stereocenters. The van der Waals surface area contributed by atoms with E-state index in [0.717, 1.165) is 12.0 Å². The maximum absolute atomic E-state index is 11.3. The molecule has 1 aliphatic heterocycles. The van der Waals surface area contributed by atoms with Gasteiger partial charge in [-0.05, 0) is 55.3 Å². The summed E-state index contributed by atoms with van der Waals surface area (Å²) in [5, 5.41) is 10.6. The third kappa shape index (κ3) is 2.88. The van der Waals surface area contributed by atoms with E-state index >= 15 is 0 Å². The van der Waals surface area contributed by atoms with Crippen LogP contribution in [0, 0.1) is 22.7 Å². The van der Waals surface area contributed by atoms with Gasteiger partial charge in [-0.25, -0.2) is 4.79 Å². The molecule has 1 saturated carbocycles. The van der Waals surface area contributed by atoms with Gasteiger partial charge < -0.3 is 9.84 Å². The molecule has 0 spiro atoms. The topological polar surface area (TPSA) is 46.5 Å². The molecule has 3 rings (SSSR count). The number of fused-ring (bicyclic) bond motifs is 1. The molecule has 1 N–H and O–H groups in total. The van der Waals surface area contributed by atoms with Gasteiger partial charge in [0, 0.05) is 11.6 Å². The van der Waals surface area contributed by atoms with Crippen molar-refractivity contribution in [1.82, 2.24) is 0 Å². The van der Waals surface area contributed by atoms with Crippen LogP contribution in [0.4, 0.5) is 0 Å². The molecule has 0 radical (unpaired) electrons. The third-order valence-electron chi connectivity index (χ3n) is 6.87. The Morgan fingerprint density at radius 2 is 2.09 bits per heavy atom. The number of carbonyl (C=O) groups is 1. The molecule has 0 aromatic rings. The Morgan fingerprint density at radius 1 is 1.35 bits per heavy atom. The minimum Gasteiger partial charge on any atom is -0.458 e. The fourth-order valence-corrected chi connectivity index (χ4v) is 5.55. The van der Waals surface area contributed by atoms with Crippen LogP contribution >= 0.6 is 0 Å². The Bertz CT molecular complexity index is 557. The first-order valence-corrected chi connectivity index (χ1v) is 8.96. The van der Waals surface area contributed by atoms with Crippen LogP contribution in [0.2, 0.25) is 0 Å². The number of carbonyl (C=O) groups excluding carboxylic acids is 1. The first-order valence-electron chi connectivity index (χ1n) is 8.96. The SMILES string of the molecule is CC1=CC[C@@H]2C(C)(C)CCC[C@@]2(C)[C@@H]1C[C@H](O)C1=CC(=O)OC1. The Morgan fingerprint density at radius 3 is 2.74 bits per heavy atom. The van der Waals surface area contributed by atoms with Gasteiger partial charge in [-0.1, -0.05) is 38.8 Å². The summed E-state index contributed by atoms with van der Waals surface area (Å²) >= 11 is 0. The first kappa shape index (κ1) is 16.8. The lowest BCUT2D eigenvalue weighted by atomic mass is 9.48. The summed E-state index contributed by atoms with van der Waals surface area (Å²) in [7, 11) is 0. The largest absolute Gasteiger partial charge is 0.458 e. The molecular weight excluding hydrogens is 288 g/mol. The molecule has 3 aliphatic rings. The summed E-state index contributed by atoms with van der Waals surface area (Å²) in [6, 6.07) is 0. The van der Waals surface area contributed by atoms with Crippen LogP contribution in [0.15, 0.2) is 23.3 Å². The van der Waals surface area contributed by atoms with Crippen molar-refractivity contribution >= 4 is 5.97 Å². The number of cyclic esters (lactones) is 1. The summed E-state index contributed by atoms with van der Waals surface area (Å²) in [5.74, 6) is 0.727. The van der Waals surface area contributed by atoms with E-state index in [1.54, 1.807) is 0 Å². The number of esters is 1. The maximum atomic E-state index is 11.3. The highest BCUT2D eigenvalue weighted by Gasteiger charge is 2.52. The summed E-state index contributed by atoms with van der Waals surface area (Å²) < 4.78 is 4.96. The lowest BCUT2D eigenvalue weighted by Gasteiger charge is -2.57. The number of hydrogen-bond acceptors (Lipinski definition) is 3. The second-order valence-electron chi connectivity index (χ2n) is 8.72. The molecule has 0 saturated heterocycles. The van der Waals surface area contributed by atoms with E-state index < -0.39 is 6.10 Å². The second kappa shape index (κ2) is 5.77. The zero-order valence-corrected chi connectivity index (χ0v) is 14.9. The summed E-state index contributed by atoms with van der Waals surface area (Å²) in [6.45, 7) is 9.70. The van der Waals surface area contributed by atoms with Crippen LogP contribution in [-0.2, 0) is 9.53 Å². The molecule has 3 heteroatoms. The van der Waals surface area contributed by atoms with Crippen LogP contribution in [0.5, 0.6) is 0 Å². The predicted octanol–water partition coefficient (Wildman–Crippen LogP) is 4.02. The predicted molar refractivity (Wildman–Crippen MR) is 90.8 cm³/mol. The lowest BCUT2D eigenvalue weighted by Crippen LogP contribution is -2.49. The normalized spacial score (nSPS) is 37.5. The highest BCUT2D eigenvalue weighted by molar-refractivity contribution is 5.85. The number of rotatable bonds is 3. The average molecular weight is 318 g/mol. The molecule has 23 heavy (non-hydrogen) atoms. The molecule has 4 atom stereocenters. The van der Waals surface area contributed by atoms with E-state index in [9.17, 15) is 9.90 Å². The van der Waals surface area contributed by atoms with Crippen molar-refractivity contribution in [2.45, 2.75) is 65.9 Å². The molecule has 0 aromatic heterocycles. The minimum absolute atomic E-state index is 0.242. The lowest BCUT2D eigenvalue weighted by molar-refractivity contribution is -0.135. The van der Waals surface area contributed by atoms with E-state index in [1.807, 2.05) is 0 Å². The van der Waals surface area contributed by atoms with Crippen molar-refractivity contribution in [2.24, 2.45) is 22.7 Å². The Balaban J connectivity index is 1.85. The molecule has 128 valence electrons. The average Bonchev–Trinajstić information content (AvgIpc) is 2.88. The first-order chi connectivity index (χ1) is 10.7. The van der Waals surface area contributed by atoms with E-state index in [4.69, 9.17) is 4.74 Å². The monoisotopic (exact) mass is 318 g/mol. The van der Waals surface area contributed by atoms with Crippen LogP contribution in [0.25, 0.3) is 0 Å². The van der Waals surface area contributed by atoms with Gasteiger partial charge in [0.25, 0.3) is 0 Å². The molecule has 2 aliphatic carbocycles. The molecule has 0 aromatic carbocycles. The van der Waals surface area contributed by atoms with Crippen molar-refractivity contribution in [2.75, 3.05) is 6.61 Å². The molecule has 0 amide bonds. The number of aliphatic hydroxyl groups is 1. The van der Waals surface area contributed by atoms with Gasteiger partial charge >= 0.3 is 5.97 Å². The van der Waals surface area contributed by atoms with E-state index in [2.05, 4.69) is 33.8 Å². The van der Waals surface area contributed by atoms with Crippen LogP contribution < -0.4 is 0 Å². The second-order valence-corrected chi connectivity index (χ2v) is 8.72. The van der Waals surface area contributed by atoms with Crippen LogP contribution in [0.1, 0.15) is 59.8 Å². The quantitative estimate of drug-likeness (QED) is 0.631. The van der Waals surface area contributed by atoms with Crippen molar-refractivity contribution < 1.29 is 14.6 Å². The van der Waals surface area contributed by atoms with E-state index in [-0.39, 0.29) is 18.0 Å². The van der Waals surface area contributed by atoms with Gasteiger partial charge in [0.15, 0.2) is 0 Å². The third-order valence-corrected chi connectivity index (χ3v) is 6.87.